The van der Waals surface area contributed by atoms with E-state index >= 15 is 0 Å². The van der Waals surface area contributed by atoms with Crippen molar-refractivity contribution in [3.63, 3.8) is 0 Å². The first-order valence-electron chi connectivity index (χ1n) is 5.64. The molecule has 0 fully saturated rings. The van der Waals surface area contributed by atoms with Crippen molar-refractivity contribution in [3.05, 3.63) is 23.0 Å². The van der Waals surface area contributed by atoms with Gasteiger partial charge < -0.3 is 4.90 Å². The number of nitrogens with zero attached hydrogens (tertiary/aromatic N) is 2. The minimum atomic E-state index is 0.580. The molecule has 0 N–H and O–H groups in total. The number of hydrogen-bond acceptors (Lipinski definition) is 3. The highest BCUT2D eigenvalue weighted by Gasteiger charge is 2.03. The zero-order chi connectivity index (χ0) is 12.0. The van der Waals surface area contributed by atoms with Crippen LogP contribution in [0.1, 0.15) is 19.4 Å². The lowest BCUT2D eigenvalue weighted by Crippen LogP contribution is -2.25. The first kappa shape index (κ1) is 13.8. The predicted octanol–water partition coefficient (Wildman–Crippen LogP) is 3.48. The molecule has 1 rings (SSSR count). The number of aryl methyl sites for hydroxylation is 1. The van der Waals surface area contributed by atoms with E-state index in [4.69, 9.17) is 11.6 Å². The van der Waals surface area contributed by atoms with Crippen LogP contribution in [0.2, 0.25) is 5.15 Å². The lowest BCUT2D eigenvalue weighted by atomic mass is 10.3. The number of rotatable bonds is 6. The van der Waals surface area contributed by atoms with E-state index in [0.29, 0.717) is 5.15 Å². The van der Waals surface area contributed by atoms with Crippen molar-refractivity contribution in [2.45, 2.75) is 25.7 Å². The highest BCUT2D eigenvalue weighted by atomic mass is 35.5. The lowest BCUT2D eigenvalue weighted by Gasteiger charge is -2.17. The van der Waals surface area contributed by atoms with Gasteiger partial charge in [-0.25, -0.2) is 4.98 Å². The highest BCUT2D eigenvalue weighted by Crippen LogP contribution is 2.24. The van der Waals surface area contributed by atoms with Crippen LogP contribution in [0.3, 0.4) is 0 Å². The van der Waals surface area contributed by atoms with E-state index in [9.17, 15) is 0 Å². The van der Waals surface area contributed by atoms with Crippen LogP contribution in [0, 0.1) is 6.92 Å². The Morgan fingerprint density at radius 1 is 1.38 bits per heavy atom. The summed E-state index contributed by atoms with van der Waals surface area (Å²) in [7, 11) is 0. The SMILES string of the molecule is CCN(CC)CCSc1cc(Cl)ncc1C. The molecule has 4 heteroatoms. The van der Waals surface area contributed by atoms with Crippen LogP contribution in [0.4, 0.5) is 0 Å². The van der Waals surface area contributed by atoms with Gasteiger partial charge in [-0.2, -0.15) is 0 Å². The minimum absolute atomic E-state index is 0.580. The molecule has 0 aromatic carbocycles. The molecule has 16 heavy (non-hydrogen) atoms. The predicted molar refractivity (Wildman–Crippen MR) is 72.5 cm³/mol. The molecule has 0 atom stereocenters. The van der Waals surface area contributed by atoms with Crippen LogP contribution in [0.15, 0.2) is 17.2 Å². The molecular weight excluding hydrogens is 240 g/mol. The van der Waals surface area contributed by atoms with Crippen molar-refractivity contribution in [2.24, 2.45) is 0 Å². The summed E-state index contributed by atoms with van der Waals surface area (Å²) in [6.07, 6.45) is 1.84. The summed E-state index contributed by atoms with van der Waals surface area (Å²) < 4.78 is 0. The van der Waals surface area contributed by atoms with Crippen molar-refractivity contribution in [2.75, 3.05) is 25.4 Å². The monoisotopic (exact) mass is 258 g/mol. The van der Waals surface area contributed by atoms with E-state index < -0.39 is 0 Å². The average molecular weight is 259 g/mol. The fraction of sp³-hybridized carbons (Fsp3) is 0.583. The third kappa shape index (κ3) is 4.32. The third-order valence-electron chi connectivity index (χ3n) is 2.58. The van der Waals surface area contributed by atoms with E-state index in [2.05, 4.69) is 30.7 Å². The number of pyridine rings is 1. The van der Waals surface area contributed by atoms with Crippen LogP contribution in [-0.2, 0) is 0 Å². The standard InChI is InChI=1S/C12H19ClN2S/c1-4-15(5-2)6-7-16-11-8-12(13)14-9-10(11)3/h8-9H,4-7H2,1-3H3. The molecule has 1 heterocycles. The van der Waals surface area contributed by atoms with E-state index in [-0.39, 0.29) is 0 Å². The van der Waals surface area contributed by atoms with Gasteiger partial charge >= 0.3 is 0 Å². The average Bonchev–Trinajstić information content (AvgIpc) is 2.29. The van der Waals surface area contributed by atoms with Gasteiger partial charge in [-0.05, 0) is 31.6 Å². The molecule has 0 saturated carbocycles. The minimum Gasteiger partial charge on any atom is -0.303 e. The Labute approximate surface area is 107 Å². The van der Waals surface area contributed by atoms with E-state index in [1.165, 1.54) is 10.5 Å². The normalized spacial score (nSPS) is 11.1. The fourth-order valence-corrected chi connectivity index (χ4v) is 2.73. The first-order valence-corrected chi connectivity index (χ1v) is 7.01. The summed E-state index contributed by atoms with van der Waals surface area (Å²) in [5.41, 5.74) is 1.20. The lowest BCUT2D eigenvalue weighted by molar-refractivity contribution is 0.324. The number of halogens is 1. The Bertz CT molecular complexity index is 327. The molecule has 0 unspecified atom stereocenters. The van der Waals surface area contributed by atoms with Crippen molar-refractivity contribution < 1.29 is 0 Å². The van der Waals surface area contributed by atoms with E-state index in [0.717, 1.165) is 25.4 Å². The van der Waals surface area contributed by atoms with E-state index in [1.54, 1.807) is 0 Å². The summed E-state index contributed by atoms with van der Waals surface area (Å²) in [5, 5.41) is 0.580. The maximum absolute atomic E-state index is 5.88. The second kappa shape index (κ2) is 7.15. The Hall–Kier alpha value is -0.250. The molecule has 0 amide bonds. The molecule has 0 aliphatic carbocycles. The van der Waals surface area contributed by atoms with Crippen LogP contribution in [-0.4, -0.2) is 35.3 Å². The molecule has 0 aliphatic heterocycles. The van der Waals surface area contributed by atoms with Gasteiger partial charge in [0.15, 0.2) is 0 Å². The number of hydrogen-bond donors (Lipinski definition) is 0. The fourth-order valence-electron chi connectivity index (χ4n) is 1.46. The Kier molecular flexibility index (Phi) is 6.17. The molecule has 0 spiro atoms. The summed E-state index contributed by atoms with van der Waals surface area (Å²) >= 11 is 7.73. The highest BCUT2D eigenvalue weighted by molar-refractivity contribution is 7.99. The van der Waals surface area contributed by atoms with Gasteiger partial charge in [-0.1, -0.05) is 25.4 Å². The molecule has 0 radical (unpaired) electrons. The van der Waals surface area contributed by atoms with Crippen molar-refractivity contribution in [3.8, 4) is 0 Å². The molecule has 0 aliphatic rings. The summed E-state index contributed by atoms with van der Waals surface area (Å²) in [4.78, 5) is 7.72. The topological polar surface area (TPSA) is 16.1 Å². The van der Waals surface area contributed by atoms with Gasteiger partial charge in [0.05, 0.1) is 0 Å². The van der Waals surface area contributed by atoms with Crippen molar-refractivity contribution >= 4 is 23.4 Å². The molecule has 0 bridgehead atoms. The molecule has 0 saturated heterocycles. The van der Waals surface area contributed by atoms with Gasteiger partial charge in [-0.15, -0.1) is 11.8 Å². The first-order chi connectivity index (χ1) is 7.67. The zero-order valence-electron chi connectivity index (χ0n) is 10.2. The van der Waals surface area contributed by atoms with Crippen LogP contribution < -0.4 is 0 Å². The maximum atomic E-state index is 5.88. The molecular formula is C12H19ClN2S. The van der Waals surface area contributed by atoms with Crippen molar-refractivity contribution in [1.29, 1.82) is 0 Å². The van der Waals surface area contributed by atoms with Gasteiger partial charge in [0.1, 0.15) is 5.15 Å². The van der Waals surface area contributed by atoms with Gasteiger partial charge in [0, 0.05) is 23.4 Å². The number of thioether (sulfide) groups is 1. The third-order valence-corrected chi connectivity index (χ3v) is 3.92. The van der Waals surface area contributed by atoms with Gasteiger partial charge in [0.25, 0.3) is 0 Å². The molecule has 1 aromatic heterocycles. The summed E-state index contributed by atoms with van der Waals surface area (Å²) in [5.74, 6) is 1.10. The smallest absolute Gasteiger partial charge is 0.130 e. The molecule has 90 valence electrons. The van der Waals surface area contributed by atoms with Gasteiger partial charge in [0.2, 0.25) is 0 Å². The van der Waals surface area contributed by atoms with Crippen LogP contribution >= 0.6 is 23.4 Å². The summed E-state index contributed by atoms with van der Waals surface area (Å²) in [6, 6.07) is 1.95. The molecule has 1 aromatic rings. The Balaban J connectivity index is 2.45. The maximum Gasteiger partial charge on any atom is 0.130 e. The van der Waals surface area contributed by atoms with Crippen LogP contribution in [0.25, 0.3) is 0 Å². The quantitative estimate of drug-likeness (QED) is 0.574. The Morgan fingerprint density at radius 2 is 2.06 bits per heavy atom. The second-order valence-electron chi connectivity index (χ2n) is 3.65. The number of aromatic nitrogens is 1. The van der Waals surface area contributed by atoms with Crippen molar-refractivity contribution in [1.82, 2.24) is 9.88 Å². The van der Waals surface area contributed by atoms with E-state index in [1.807, 2.05) is 24.0 Å². The second-order valence-corrected chi connectivity index (χ2v) is 5.17. The summed E-state index contributed by atoms with van der Waals surface area (Å²) in [6.45, 7) is 9.83. The van der Waals surface area contributed by atoms with Gasteiger partial charge in [-0.3, -0.25) is 0 Å². The largest absolute Gasteiger partial charge is 0.303 e. The van der Waals surface area contributed by atoms with Crippen LogP contribution in [0.5, 0.6) is 0 Å². The Morgan fingerprint density at radius 3 is 2.69 bits per heavy atom. The molecule has 2 nitrogen and oxygen atoms in total. The zero-order valence-corrected chi connectivity index (χ0v) is 11.7.